The van der Waals surface area contributed by atoms with E-state index in [4.69, 9.17) is 9.47 Å². The molecule has 9 heteroatoms. The molecule has 1 heterocycles. The Hall–Kier alpha value is -2.91. The van der Waals surface area contributed by atoms with Crippen LogP contribution in [0.15, 0.2) is 48.5 Å². The lowest BCUT2D eigenvalue weighted by Crippen LogP contribution is -2.41. The van der Waals surface area contributed by atoms with Crippen molar-refractivity contribution in [2.24, 2.45) is 11.3 Å². The molecule has 0 radical (unpaired) electrons. The number of ether oxygens (including phenoxy) is 2. The molecule has 0 spiro atoms. The lowest BCUT2D eigenvalue weighted by atomic mass is 9.76. The Labute approximate surface area is 214 Å². The minimum absolute atomic E-state index is 0.0199. The number of amides is 1. The van der Waals surface area contributed by atoms with Crippen molar-refractivity contribution in [1.29, 1.82) is 0 Å². The summed E-state index contributed by atoms with van der Waals surface area (Å²) in [5.41, 5.74) is -0.0552. The quantitative estimate of drug-likeness (QED) is 0.403. The van der Waals surface area contributed by atoms with Crippen LogP contribution in [0.4, 0.5) is 24.5 Å². The Morgan fingerprint density at radius 3 is 2.49 bits per heavy atom. The first-order valence-corrected chi connectivity index (χ1v) is 12.6. The number of alkyl halides is 3. The molecule has 2 fully saturated rings. The monoisotopic (exact) mass is 518 g/mol. The van der Waals surface area contributed by atoms with Gasteiger partial charge >= 0.3 is 6.18 Å². The fourth-order valence-electron chi connectivity index (χ4n) is 4.99. The van der Waals surface area contributed by atoms with Crippen LogP contribution in [0, 0.1) is 11.3 Å². The van der Waals surface area contributed by atoms with Crippen molar-refractivity contribution in [3.05, 3.63) is 59.7 Å². The number of Topliss-reactive ketones (excluding diaryl/α,β-unsaturated/α-hetero) is 1. The number of ketones is 1. The van der Waals surface area contributed by atoms with Gasteiger partial charge in [0.25, 0.3) is 0 Å². The highest BCUT2D eigenvalue weighted by atomic mass is 19.4. The molecule has 0 aromatic heterocycles. The summed E-state index contributed by atoms with van der Waals surface area (Å²) in [6, 6.07) is 12.2. The maximum atomic E-state index is 13.2. The highest BCUT2D eigenvalue weighted by Crippen LogP contribution is 2.37. The van der Waals surface area contributed by atoms with Gasteiger partial charge in [0.1, 0.15) is 5.78 Å². The number of carbonyl (C=O) groups is 2. The smallest absolute Gasteiger partial charge is 0.381 e. The van der Waals surface area contributed by atoms with E-state index < -0.39 is 17.2 Å². The zero-order valence-electron chi connectivity index (χ0n) is 20.9. The molecule has 1 aliphatic heterocycles. The number of nitrogens with one attached hydrogen (secondary N) is 2. The van der Waals surface area contributed by atoms with Crippen LogP contribution < -0.4 is 10.6 Å². The average molecular weight is 519 g/mol. The standard InChI is InChI=1S/C28H33F3N2O4/c1-36-22-15-20(16-22)25(34)7-4-12-27(13-14-37-18-27)26(35)32-17-19-8-10-21(11-9-19)33-24-6-3-2-5-23(24)28(29,30)31/h2-3,5-6,8-11,20,22,33H,4,7,12-18H2,1H3,(H,32,35). The lowest BCUT2D eigenvalue weighted by Gasteiger charge is -2.33. The summed E-state index contributed by atoms with van der Waals surface area (Å²) in [6.07, 6.45) is -0.386. The Morgan fingerprint density at radius 2 is 1.84 bits per heavy atom. The van der Waals surface area contributed by atoms with Gasteiger partial charge in [-0.25, -0.2) is 0 Å². The first-order chi connectivity index (χ1) is 17.7. The molecule has 1 atom stereocenters. The predicted octanol–water partition coefficient (Wildman–Crippen LogP) is 5.64. The van der Waals surface area contributed by atoms with Crippen LogP contribution >= 0.6 is 0 Å². The summed E-state index contributed by atoms with van der Waals surface area (Å²) in [5.74, 6) is 0.227. The van der Waals surface area contributed by atoms with Crippen LogP contribution in [0.3, 0.4) is 0 Å². The molecule has 200 valence electrons. The SMILES string of the molecule is COC1CC(C(=O)CCCC2(C(=O)NCc3ccc(Nc4ccccc4C(F)(F)F)cc3)CCOC2)C1. The van der Waals surface area contributed by atoms with E-state index in [0.717, 1.165) is 24.5 Å². The van der Waals surface area contributed by atoms with Crippen LogP contribution in [0.5, 0.6) is 0 Å². The average Bonchev–Trinajstić information content (AvgIpc) is 3.32. The maximum absolute atomic E-state index is 13.2. The first kappa shape index (κ1) is 27.1. The van der Waals surface area contributed by atoms with Gasteiger partial charge in [0.2, 0.25) is 5.91 Å². The zero-order valence-corrected chi connectivity index (χ0v) is 20.9. The van der Waals surface area contributed by atoms with Crippen LogP contribution in [0.25, 0.3) is 0 Å². The van der Waals surface area contributed by atoms with Crippen molar-refractivity contribution in [3.63, 3.8) is 0 Å². The summed E-state index contributed by atoms with van der Waals surface area (Å²) in [6.45, 7) is 1.14. The summed E-state index contributed by atoms with van der Waals surface area (Å²) in [4.78, 5) is 25.5. The van der Waals surface area contributed by atoms with Crippen molar-refractivity contribution in [1.82, 2.24) is 5.32 Å². The van der Waals surface area contributed by atoms with Gasteiger partial charge in [-0.1, -0.05) is 24.3 Å². The molecule has 6 nitrogen and oxygen atoms in total. The van der Waals surface area contributed by atoms with Gasteiger partial charge in [-0.3, -0.25) is 9.59 Å². The minimum atomic E-state index is -4.45. The number of hydrogen-bond donors (Lipinski definition) is 2. The Bertz CT molecular complexity index is 1080. The van der Waals surface area contributed by atoms with Crippen molar-refractivity contribution in [3.8, 4) is 0 Å². The molecular formula is C28H33F3N2O4. The third-order valence-corrected chi connectivity index (χ3v) is 7.47. The highest BCUT2D eigenvalue weighted by Gasteiger charge is 2.42. The second-order valence-corrected chi connectivity index (χ2v) is 9.98. The number of para-hydroxylation sites is 1. The number of rotatable bonds is 11. The second-order valence-electron chi connectivity index (χ2n) is 9.98. The minimum Gasteiger partial charge on any atom is -0.381 e. The van der Waals surface area contributed by atoms with Crippen molar-refractivity contribution in [2.75, 3.05) is 25.6 Å². The number of hydrogen-bond acceptors (Lipinski definition) is 5. The summed E-state index contributed by atoms with van der Waals surface area (Å²) < 4.78 is 50.5. The lowest BCUT2D eigenvalue weighted by molar-refractivity contribution is -0.137. The number of anilines is 2. The number of methoxy groups -OCH3 is 1. The van der Waals surface area contributed by atoms with E-state index in [-0.39, 0.29) is 29.4 Å². The topological polar surface area (TPSA) is 76.7 Å². The first-order valence-electron chi connectivity index (χ1n) is 12.6. The number of benzene rings is 2. The van der Waals surface area contributed by atoms with Gasteiger partial charge in [0.05, 0.1) is 29.4 Å². The molecule has 2 aromatic rings. The van der Waals surface area contributed by atoms with E-state index in [2.05, 4.69) is 10.6 Å². The van der Waals surface area contributed by atoms with Gasteiger partial charge in [0, 0.05) is 38.3 Å². The maximum Gasteiger partial charge on any atom is 0.418 e. The molecule has 37 heavy (non-hydrogen) atoms. The van der Waals surface area contributed by atoms with Crippen molar-refractivity contribution >= 4 is 23.1 Å². The molecule has 1 aliphatic carbocycles. The predicted molar refractivity (Wildman–Crippen MR) is 133 cm³/mol. The van der Waals surface area contributed by atoms with Crippen LogP contribution in [0.1, 0.15) is 49.7 Å². The molecule has 1 amide bonds. The molecule has 1 saturated heterocycles. The largest absolute Gasteiger partial charge is 0.418 e. The normalized spacial score (nSPS) is 23.4. The molecule has 0 bridgehead atoms. The molecule has 2 aliphatic rings. The third kappa shape index (κ3) is 6.70. The van der Waals surface area contributed by atoms with Gasteiger partial charge in [-0.05, 0) is 61.9 Å². The molecular weight excluding hydrogens is 485 g/mol. The molecule has 1 unspecified atom stereocenters. The van der Waals surface area contributed by atoms with E-state index in [1.54, 1.807) is 37.4 Å². The third-order valence-electron chi connectivity index (χ3n) is 7.47. The second kappa shape index (κ2) is 11.6. The zero-order chi connectivity index (χ0) is 26.5. The Morgan fingerprint density at radius 1 is 1.11 bits per heavy atom. The van der Waals surface area contributed by atoms with E-state index in [1.165, 1.54) is 12.1 Å². The Kier molecular flexibility index (Phi) is 8.54. The fourth-order valence-corrected chi connectivity index (χ4v) is 4.99. The molecule has 1 saturated carbocycles. The van der Waals surface area contributed by atoms with Crippen LogP contribution in [-0.2, 0) is 31.8 Å². The van der Waals surface area contributed by atoms with Gasteiger partial charge < -0.3 is 20.1 Å². The van der Waals surface area contributed by atoms with Gasteiger partial charge in [-0.15, -0.1) is 0 Å². The summed E-state index contributed by atoms with van der Waals surface area (Å²) in [7, 11) is 1.66. The van der Waals surface area contributed by atoms with Crippen molar-refractivity contribution < 1.29 is 32.2 Å². The van der Waals surface area contributed by atoms with Crippen LogP contribution in [-0.4, -0.2) is 38.1 Å². The summed E-state index contributed by atoms with van der Waals surface area (Å²) >= 11 is 0. The Balaban J connectivity index is 1.28. The van der Waals surface area contributed by atoms with Gasteiger partial charge in [-0.2, -0.15) is 13.2 Å². The summed E-state index contributed by atoms with van der Waals surface area (Å²) in [5, 5.41) is 5.80. The van der Waals surface area contributed by atoms with E-state index in [0.29, 0.717) is 51.1 Å². The van der Waals surface area contributed by atoms with Crippen LogP contribution in [0.2, 0.25) is 0 Å². The number of carbonyl (C=O) groups excluding carboxylic acids is 2. The van der Waals surface area contributed by atoms with Crippen molar-refractivity contribution in [2.45, 2.75) is 57.3 Å². The molecule has 4 rings (SSSR count). The molecule has 2 aromatic carbocycles. The fraction of sp³-hybridized carbons (Fsp3) is 0.500. The van der Waals surface area contributed by atoms with E-state index >= 15 is 0 Å². The molecule has 2 N–H and O–H groups in total. The van der Waals surface area contributed by atoms with Gasteiger partial charge in [0.15, 0.2) is 0 Å². The van der Waals surface area contributed by atoms with E-state index in [1.807, 2.05) is 0 Å². The number of halogens is 3. The highest BCUT2D eigenvalue weighted by molar-refractivity contribution is 5.84. The van der Waals surface area contributed by atoms with E-state index in [9.17, 15) is 22.8 Å².